The van der Waals surface area contributed by atoms with Gasteiger partial charge in [0, 0.05) is 5.56 Å². The zero-order valence-corrected chi connectivity index (χ0v) is 21.3. The largest absolute Gasteiger partial charge is 0.494 e. The Morgan fingerprint density at radius 2 is 1.46 bits per heavy atom. The number of esters is 1. The SMILES string of the molecule is CCOc1ccc(C(=O)Oc2ccc3ccccc3c2/C=N\NC(=O)COc2ccc3ccccc3c2)cc1. The molecule has 5 rings (SSSR count). The van der Waals surface area contributed by atoms with E-state index in [4.69, 9.17) is 14.2 Å². The van der Waals surface area contributed by atoms with Crippen molar-refractivity contribution in [3.05, 3.63) is 114 Å². The van der Waals surface area contributed by atoms with E-state index in [1.165, 1.54) is 6.21 Å². The minimum atomic E-state index is -0.518. The predicted octanol–water partition coefficient (Wildman–Crippen LogP) is 6.14. The highest BCUT2D eigenvalue weighted by atomic mass is 16.5. The average Bonchev–Trinajstić information content (AvgIpc) is 2.97. The lowest BCUT2D eigenvalue weighted by atomic mass is 10.0. The minimum Gasteiger partial charge on any atom is -0.494 e. The molecule has 0 aliphatic carbocycles. The number of amides is 1. The van der Waals surface area contributed by atoms with Crippen molar-refractivity contribution in [3.8, 4) is 17.2 Å². The second-order valence-corrected chi connectivity index (χ2v) is 8.64. The van der Waals surface area contributed by atoms with E-state index in [0.717, 1.165) is 21.5 Å². The summed E-state index contributed by atoms with van der Waals surface area (Å²) in [6.07, 6.45) is 1.47. The molecule has 0 saturated heterocycles. The Labute approximate surface area is 225 Å². The van der Waals surface area contributed by atoms with Crippen LogP contribution in [0.2, 0.25) is 0 Å². The molecular formula is C32H26N2O5. The summed E-state index contributed by atoms with van der Waals surface area (Å²) >= 11 is 0. The molecule has 0 atom stereocenters. The molecule has 0 saturated carbocycles. The Bertz CT molecular complexity index is 1660. The van der Waals surface area contributed by atoms with E-state index >= 15 is 0 Å². The molecule has 0 aliphatic rings. The molecule has 7 heteroatoms. The van der Waals surface area contributed by atoms with Crippen LogP contribution in [0.5, 0.6) is 17.2 Å². The second kappa shape index (κ2) is 11.9. The highest BCUT2D eigenvalue weighted by Crippen LogP contribution is 2.28. The molecule has 0 radical (unpaired) electrons. The van der Waals surface area contributed by atoms with Gasteiger partial charge in [-0.25, -0.2) is 10.2 Å². The van der Waals surface area contributed by atoms with Crippen LogP contribution in [0, 0.1) is 0 Å². The van der Waals surface area contributed by atoms with Crippen LogP contribution in [0.1, 0.15) is 22.8 Å². The molecule has 0 bridgehead atoms. The van der Waals surface area contributed by atoms with E-state index < -0.39 is 11.9 Å². The smallest absolute Gasteiger partial charge is 0.343 e. The summed E-state index contributed by atoms with van der Waals surface area (Å²) in [5.74, 6) is 0.639. The number of rotatable bonds is 9. The zero-order valence-electron chi connectivity index (χ0n) is 21.3. The van der Waals surface area contributed by atoms with E-state index in [-0.39, 0.29) is 6.61 Å². The number of benzene rings is 5. The Hall–Kier alpha value is -5.17. The van der Waals surface area contributed by atoms with Crippen molar-refractivity contribution >= 4 is 39.6 Å². The normalized spacial score (nSPS) is 11.0. The lowest BCUT2D eigenvalue weighted by molar-refractivity contribution is -0.123. The zero-order chi connectivity index (χ0) is 27.0. The molecule has 0 heterocycles. The summed E-state index contributed by atoms with van der Waals surface area (Å²) in [4.78, 5) is 25.3. The number of nitrogens with zero attached hydrogens (tertiary/aromatic N) is 1. The fraction of sp³-hybridized carbons (Fsp3) is 0.0938. The maximum atomic E-state index is 12.9. The van der Waals surface area contributed by atoms with Crippen LogP contribution in [-0.4, -0.2) is 31.3 Å². The quantitative estimate of drug-likeness (QED) is 0.110. The molecule has 39 heavy (non-hydrogen) atoms. The number of ether oxygens (including phenoxy) is 3. The first-order valence-electron chi connectivity index (χ1n) is 12.5. The molecule has 1 amide bonds. The highest BCUT2D eigenvalue weighted by molar-refractivity contribution is 6.04. The predicted molar refractivity (Wildman–Crippen MR) is 152 cm³/mol. The first kappa shape index (κ1) is 25.5. The van der Waals surface area contributed by atoms with Crippen LogP contribution >= 0.6 is 0 Å². The number of fused-ring (bicyclic) bond motifs is 2. The molecule has 0 unspecified atom stereocenters. The van der Waals surface area contributed by atoms with Crippen LogP contribution in [0.25, 0.3) is 21.5 Å². The molecule has 5 aromatic rings. The Balaban J connectivity index is 1.28. The summed E-state index contributed by atoms with van der Waals surface area (Å²) in [5, 5.41) is 7.99. The lowest BCUT2D eigenvalue weighted by Gasteiger charge is -2.11. The third-order valence-electron chi connectivity index (χ3n) is 6.01. The highest BCUT2D eigenvalue weighted by Gasteiger charge is 2.14. The van der Waals surface area contributed by atoms with Gasteiger partial charge in [-0.15, -0.1) is 0 Å². The van der Waals surface area contributed by atoms with Gasteiger partial charge >= 0.3 is 5.97 Å². The lowest BCUT2D eigenvalue weighted by Crippen LogP contribution is -2.24. The monoisotopic (exact) mass is 518 g/mol. The number of nitrogens with one attached hydrogen (secondary N) is 1. The van der Waals surface area contributed by atoms with Crippen molar-refractivity contribution in [1.29, 1.82) is 0 Å². The fourth-order valence-electron chi connectivity index (χ4n) is 4.12. The molecule has 7 nitrogen and oxygen atoms in total. The van der Waals surface area contributed by atoms with E-state index in [0.29, 0.717) is 35.0 Å². The van der Waals surface area contributed by atoms with Gasteiger partial charge in [-0.3, -0.25) is 4.79 Å². The van der Waals surface area contributed by atoms with Gasteiger partial charge in [0.25, 0.3) is 5.91 Å². The molecule has 0 aliphatic heterocycles. The summed E-state index contributed by atoms with van der Waals surface area (Å²) in [6, 6.07) is 31.5. The molecule has 194 valence electrons. The molecule has 0 spiro atoms. The molecule has 5 aromatic carbocycles. The number of carbonyl (C=O) groups is 2. The van der Waals surface area contributed by atoms with E-state index in [9.17, 15) is 9.59 Å². The summed E-state index contributed by atoms with van der Waals surface area (Å²) in [5.41, 5.74) is 3.43. The topological polar surface area (TPSA) is 86.2 Å². The van der Waals surface area contributed by atoms with Crippen LogP contribution in [0.15, 0.2) is 108 Å². The van der Waals surface area contributed by atoms with Crippen molar-refractivity contribution in [2.24, 2.45) is 5.10 Å². The van der Waals surface area contributed by atoms with Gasteiger partial charge in [0.2, 0.25) is 0 Å². The third-order valence-corrected chi connectivity index (χ3v) is 6.01. The number of carbonyl (C=O) groups excluding carboxylic acids is 2. The van der Waals surface area contributed by atoms with Crippen LogP contribution < -0.4 is 19.6 Å². The fourth-order valence-corrected chi connectivity index (χ4v) is 4.12. The van der Waals surface area contributed by atoms with Gasteiger partial charge in [-0.2, -0.15) is 5.10 Å². The molecular weight excluding hydrogens is 492 g/mol. The second-order valence-electron chi connectivity index (χ2n) is 8.64. The van der Waals surface area contributed by atoms with Crippen LogP contribution in [0.3, 0.4) is 0 Å². The van der Waals surface area contributed by atoms with Crippen LogP contribution in [-0.2, 0) is 4.79 Å². The summed E-state index contributed by atoms with van der Waals surface area (Å²) in [6.45, 7) is 2.23. The Morgan fingerprint density at radius 1 is 0.769 bits per heavy atom. The first-order valence-corrected chi connectivity index (χ1v) is 12.5. The van der Waals surface area contributed by atoms with Gasteiger partial charge in [0.05, 0.1) is 18.4 Å². The van der Waals surface area contributed by atoms with Crippen molar-refractivity contribution in [3.63, 3.8) is 0 Å². The summed E-state index contributed by atoms with van der Waals surface area (Å²) < 4.78 is 16.8. The van der Waals surface area contributed by atoms with Gasteiger partial charge in [0.15, 0.2) is 6.61 Å². The Morgan fingerprint density at radius 3 is 2.26 bits per heavy atom. The van der Waals surface area contributed by atoms with Crippen molar-refractivity contribution in [1.82, 2.24) is 5.43 Å². The first-order chi connectivity index (χ1) is 19.1. The maximum Gasteiger partial charge on any atom is 0.343 e. The molecule has 0 fully saturated rings. The van der Waals surface area contributed by atoms with Crippen molar-refractivity contribution < 1.29 is 23.8 Å². The van der Waals surface area contributed by atoms with E-state index in [1.807, 2.05) is 79.7 Å². The van der Waals surface area contributed by atoms with Crippen molar-refractivity contribution in [2.45, 2.75) is 6.92 Å². The Kier molecular flexibility index (Phi) is 7.79. The standard InChI is InChI=1S/C32H26N2O5/c1-2-37-26-15-12-24(13-16-26)32(36)39-30-18-14-23-8-5-6-10-28(23)29(30)20-33-34-31(35)21-38-27-17-11-22-7-3-4-9-25(22)19-27/h3-20H,2,21H2,1H3,(H,34,35)/b33-20-. The maximum absolute atomic E-state index is 12.9. The minimum absolute atomic E-state index is 0.204. The van der Waals surface area contributed by atoms with E-state index in [2.05, 4.69) is 10.5 Å². The molecule has 1 N–H and O–H groups in total. The average molecular weight is 519 g/mol. The van der Waals surface area contributed by atoms with Gasteiger partial charge in [0.1, 0.15) is 17.2 Å². The van der Waals surface area contributed by atoms with Crippen molar-refractivity contribution in [2.75, 3.05) is 13.2 Å². The van der Waals surface area contributed by atoms with E-state index in [1.54, 1.807) is 30.3 Å². The number of hydrazone groups is 1. The summed E-state index contributed by atoms with van der Waals surface area (Å²) in [7, 11) is 0. The third kappa shape index (κ3) is 6.22. The van der Waals surface area contributed by atoms with Gasteiger partial charge in [-0.1, -0.05) is 60.7 Å². The van der Waals surface area contributed by atoms with Gasteiger partial charge in [-0.05, 0) is 70.9 Å². The van der Waals surface area contributed by atoms with Crippen LogP contribution in [0.4, 0.5) is 0 Å². The number of hydrogen-bond acceptors (Lipinski definition) is 6. The number of hydrogen-bond donors (Lipinski definition) is 1. The molecule has 0 aromatic heterocycles. The van der Waals surface area contributed by atoms with Gasteiger partial charge < -0.3 is 14.2 Å².